The van der Waals surface area contributed by atoms with Crippen molar-refractivity contribution in [3.05, 3.63) is 67.6 Å². The van der Waals surface area contributed by atoms with Gasteiger partial charge in [-0.2, -0.15) is 13.2 Å². The smallest absolute Gasteiger partial charge is 0.361 e. The number of aromatic nitrogens is 3. The van der Waals surface area contributed by atoms with Crippen LogP contribution in [0, 0.1) is 13.8 Å². The predicted octanol–water partition coefficient (Wildman–Crippen LogP) is 6.24. The van der Waals surface area contributed by atoms with Crippen molar-refractivity contribution in [2.45, 2.75) is 56.6 Å². The van der Waals surface area contributed by atoms with Crippen molar-refractivity contribution in [2.75, 3.05) is 0 Å². The molecule has 0 bridgehead atoms. The molecule has 0 N–H and O–H groups in total. The average Bonchev–Trinajstić information content (AvgIpc) is 3.31. The van der Waals surface area contributed by atoms with Gasteiger partial charge in [0.25, 0.3) is 5.56 Å². The van der Waals surface area contributed by atoms with E-state index in [-0.39, 0.29) is 10.8 Å². The molecule has 0 saturated carbocycles. The van der Waals surface area contributed by atoms with Gasteiger partial charge in [0.05, 0.1) is 22.3 Å². The minimum Gasteiger partial charge on any atom is -0.361 e. The summed E-state index contributed by atoms with van der Waals surface area (Å²) < 4.78 is 48.0. The molecule has 3 heterocycles. The molecule has 1 aliphatic rings. The molecule has 4 aromatic rings. The molecule has 3 aromatic heterocycles. The van der Waals surface area contributed by atoms with E-state index in [1.807, 2.05) is 6.92 Å². The number of fused-ring (bicyclic) bond motifs is 3. The van der Waals surface area contributed by atoms with Gasteiger partial charge >= 0.3 is 6.18 Å². The second-order valence-electron chi connectivity index (χ2n) is 8.03. The van der Waals surface area contributed by atoms with Crippen molar-refractivity contribution >= 4 is 33.3 Å². The molecular formula is C23H20F3N3O2S2. The maximum absolute atomic E-state index is 13.9. The fourth-order valence-corrected chi connectivity index (χ4v) is 6.71. The second-order valence-corrected chi connectivity index (χ2v) is 10.1. The zero-order valence-corrected chi connectivity index (χ0v) is 19.6. The van der Waals surface area contributed by atoms with E-state index in [1.54, 1.807) is 6.92 Å². The molecule has 0 saturated heterocycles. The van der Waals surface area contributed by atoms with Gasteiger partial charge in [0.15, 0.2) is 5.16 Å². The Kier molecular flexibility index (Phi) is 5.60. The van der Waals surface area contributed by atoms with Crippen LogP contribution >= 0.6 is 23.1 Å². The Hall–Kier alpha value is -2.59. The van der Waals surface area contributed by atoms with Crippen LogP contribution in [-0.2, 0) is 24.8 Å². The molecule has 5 rings (SSSR count). The molecule has 10 heteroatoms. The van der Waals surface area contributed by atoms with Crippen LogP contribution in [0.25, 0.3) is 15.9 Å². The summed E-state index contributed by atoms with van der Waals surface area (Å²) in [5, 5.41) is 4.62. The van der Waals surface area contributed by atoms with Gasteiger partial charge in [-0.3, -0.25) is 9.36 Å². The highest BCUT2D eigenvalue weighted by molar-refractivity contribution is 7.98. The Morgan fingerprint density at radius 2 is 1.94 bits per heavy atom. The first-order valence-corrected chi connectivity index (χ1v) is 12.3. The number of para-hydroxylation sites is 1. The van der Waals surface area contributed by atoms with Crippen LogP contribution < -0.4 is 5.56 Å². The summed E-state index contributed by atoms with van der Waals surface area (Å²) in [6, 6.07) is 5.16. The molecule has 0 amide bonds. The van der Waals surface area contributed by atoms with Crippen LogP contribution in [0.1, 0.15) is 45.9 Å². The Labute approximate surface area is 195 Å². The number of halogens is 3. The molecular weight excluding hydrogens is 471 g/mol. The highest BCUT2D eigenvalue weighted by atomic mass is 32.2. The van der Waals surface area contributed by atoms with E-state index >= 15 is 0 Å². The van der Waals surface area contributed by atoms with E-state index in [2.05, 4.69) is 5.16 Å². The van der Waals surface area contributed by atoms with Crippen molar-refractivity contribution in [1.82, 2.24) is 14.7 Å². The highest BCUT2D eigenvalue weighted by Crippen LogP contribution is 2.38. The zero-order valence-electron chi connectivity index (χ0n) is 18.0. The summed E-state index contributed by atoms with van der Waals surface area (Å²) in [6.07, 6.45) is -0.990. The summed E-state index contributed by atoms with van der Waals surface area (Å²) in [5.41, 5.74) is 0.974. The lowest BCUT2D eigenvalue weighted by atomic mass is 9.97. The maximum Gasteiger partial charge on any atom is 0.418 e. The van der Waals surface area contributed by atoms with Crippen molar-refractivity contribution in [2.24, 2.45) is 0 Å². The Morgan fingerprint density at radius 3 is 2.67 bits per heavy atom. The highest BCUT2D eigenvalue weighted by Gasteiger charge is 2.35. The number of hydrogen-bond acceptors (Lipinski definition) is 6. The summed E-state index contributed by atoms with van der Waals surface area (Å²) >= 11 is 2.69. The maximum atomic E-state index is 13.9. The van der Waals surface area contributed by atoms with Crippen LogP contribution in [0.5, 0.6) is 0 Å². The quantitative estimate of drug-likeness (QED) is 0.250. The first kappa shape index (κ1) is 22.2. The van der Waals surface area contributed by atoms with Gasteiger partial charge in [0.2, 0.25) is 0 Å². The number of nitrogens with zero attached hydrogens (tertiary/aromatic N) is 3. The molecule has 0 radical (unpaired) electrons. The average molecular weight is 492 g/mol. The van der Waals surface area contributed by atoms with E-state index in [0.717, 1.165) is 52.3 Å². The number of aryl methyl sites for hydroxylation is 4. The molecule has 1 aromatic carbocycles. The molecule has 0 atom stereocenters. The Morgan fingerprint density at radius 1 is 1.18 bits per heavy atom. The summed E-state index contributed by atoms with van der Waals surface area (Å²) in [7, 11) is 0. The molecule has 1 aliphatic carbocycles. The van der Waals surface area contributed by atoms with Crippen LogP contribution in [0.2, 0.25) is 0 Å². The van der Waals surface area contributed by atoms with E-state index in [4.69, 9.17) is 9.51 Å². The monoisotopic (exact) mass is 491 g/mol. The molecule has 0 spiro atoms. The fraction of sp³-hybridized carbons (Fsp3) is 0.348. The minimum absolute atomic E-state index is 0.207. The Balaban J connectivity index is 1.75. The van der Waals surface area contributed by atoms with Gasteiger partial charge in [0, 0.05) is 16.2 Å². The molecule has 5 nitrogen and oxygen atoms in total. The third kappa shape index (κ3) is 3.89. The molecule has 0 unspecified atom stereocenters. The summed E-state index contributed by atoms with van der Waals surface area (Å²) in [4.78, 5) is 20.2. The first-order chi connectivity index (χ1) is 15.8. The second kappa shape index (κ2) is 8.32. The fourth-order valence-electron chi connectivity index (χ4n) is 4.25. The molecule has 0 aliphatic heterocycles. The van der Waals surface area contributed by atoms with Crippen LogP contribution in [0.4, 0.5) is 13.2 Å². The topological polar surface area (TPSA) is 60.9 Å². The van der Waals surface area contributed by atoms with Crippen molar-refractivity contribution in [3.63, 3.8) is 0 Å². The van der Waals surface area contributed by atoms with Gasteiger partial charge in [-0.1, -0.05) is 29.1 Å². The SMILES string of the molecule is Cc1noc(C)c1CSc1nc2sc3c(c2c(=O)n1-c1ccccc1C(F)(F)F)CCCC3. The summed E-state index contributed by atoms with van der Waals surface area (Å²) in [6.45, 7) is 3.59. The number of thiophene rings is 1. The Bertz CT molecular complexity index is 1400. The third-order valence-corrected chi connectivity index (χ3v) is 8.09. The van der Waals surface area contributed by atoms with Crippen molar-refractivity contribution in [3.8, 4) is 5.69 Å². The van der Waals surface area contributed by atoms with Gasteiger partial charge in [-0.05, 0) is 57.2 Å². The lowest BCUT2D eigenvalue weighted by Crippen LogP contribution is -2.25. The first-order valence-electron chi connectivity index (χ1n) is 10.5. The number of alkyl halides is 3. The van der Waals surface area contributed by atoms with Crippen molar-refractivity contribution in [1.29, 1.82) is 0 Å². The number of rotatable bonds is 4. The van der Waals surface area contributed by atoms with E-state index in [9.17, 15) is 18.0 Å². The third-order valence-electron chi connectivity index (χ3n) is 5.94. The van der Waals surface area contributed by atoms with Gasteiger partial charge in [0.1, 0.15) is 10.6 Å². The summed E-state index contributed by atoms with van der Waals surface area (Å²) in [5.74, 6) is 1.01. The van der Waals surface area contributed by atoms with Gasteiger partial charge in [-0.25, -0.2) is 4.98 Å². The lowest BCUT2D eigenvalue weighted by Gasteiger charge is -2.17. The van der Waals surface area contributed by atoms with Crippen molar-refractivity contribution < 1.29 is 17.7 Å². The van der Waals surface area contributed by atoms with Gasteiger partial charge in [-0.15, -0.1) is 11.3 Å². The van der Waals surface area contributed by atoms with Crippen LogP contribution in [-0.4, -0.2) is 14.7 Å². The number of hydrogen-bond donors (Lipinski definition) is 0. The molecule has 172 valence electrons. The minimum atomic E-state index is -4.61. The number of thioether (sulfide) groups is 1. The molecule has 33 heavy (non-hydrogen) atoms. The van der Waals surface area contributed by atoms with E-state index in [1.165, 1.54) is 41.3 Å². The van der Waals surface area contributed by atoms with E-state index < -0.39 is 17.3 Å². The lowest BCUT2D eigenvalue weighted by molar-refractivity contribution is -0.137. The van der Waals surface area contributed by atoms with Gasteiger partial charge < -0.3 is 4.52 Å². The van der Waals surface area contributed by atoms with E-state index in [0.29, 0.717) is 27.4 Å². The zero-order chi connectivity index (χ0) is 23.3. The largest absolute Gasteiger partial charge is 0.418 e. The predicted molar refractivity (Wildman–Crippen MR) is 122 cm³/mol. The van der Waals surface area contributed by atoms with Crippen LogP contribution in [0.15, 0.2) is 38.7 Å². The normalized spacial score (nSPS) is 14.1. The van der Waals surface area contributed by atoms with Crippen LogP contribution in [0.3, 0.4) is 0 Å². The standard InChI is InChI=1S/C23H20F3N3O2S2/c1-12-15(13(2)31-28-12)11-32-22-27-20-19(14-7-3-6-10-18(14)33-20)21(30)29(22)17-9-5-4-8-16(17)23(24,25)26/h4-5,8-9H,3,6-7,10-11H2,1-2H3. The number of benzene rings is 1. The molecule has 0 fully saturated rings.